The van der Waals surface area contributed by atoms with Gasteiger partial charge in [-0.25, -0.2) is 9.67 Å². The predicted molar refractivity (Wildman–Crippen MR) is 111 cm³/mol. The molecule has 0 radical (unpaired) electrons. The molecule has 6 nitrogen and oxygen atoms in total. The zero-order valence-corrected chi connectivity index (χ0v) is 16.1. The lowest BCUT2D eigenvalue weighted by Crippen LogP contribution is -2.38. The molecule has 1 aliphatic carbocycles. The fourth-order valence-electron chi connectivity index (χ4n) is 4.51. The zero-order valence-electron chi connectivity index (χ0n) is 16.1. The number of rotatable bonds is 3. The molecule has 1 fully saturated rings. The number of nitrogens with zero attached hydrogens (tertiary/aromatic N) is 2. The maximum atomic E-state index is 13.5. The van der Waals surface area contributed by atoms with Gasteiger partial charge in [-0.15, -0.1) is 0 Å². The molecule has 1 aliphatic heterocycles. The Morgan fingerprint density at radius 1 is 1.03 bits per heavy atom. The molecule has 2 aliphatic rings. The van der Waals surface area contributed by atoms with Crippen LogP contribution in [-0.4, -0.2) is 28.4 Å². The van der Waals surface area contributed by atoms with Gasteiger partial charge in [-0.05, 0) is 42.7 Å². The first-order chi connectivity index (χ1) is 14.2. The minimum Gasteiger partial charge on any atom is -0.497 e. The Morgan fingerprint density at radius 3 is 2.66 bits per heavy atom. The van der Waals surface area contributed by atoms with E-state index in [0.717, 1.165) is 29.8 Å². The minimum absolute atomic E-state index is 0.153. The first-order valence-electron chi connectivity index (χ1n) is 9.82. The van der Waals surface area contributed by atoms with Crippen LogP contribution in [0.15, 0.2) is 64.4 Å². The lowest BCUT2D eigenvalue weighted by molar-refractivity contribution is -0.121. The summed E-state index contributed by atoms with van der Waals surface area (Å²) in [5.41, 5.74) is 2.88. The Balaban J connectivity index is 1.75. The van der Waals surface area contributed by atoms with E-state index in [0.29, 0.717) is 23.6 Å². The van der Waals surface area contributed by atoms with Crippen molar-refractivity contribution in [2.24, 2.45) is 10.9 Å². The Morgan fingerprint density at radius 2 is 1.86 bits per heavy atom. The Kier molecular flexibility index (Phi) is 4.19. The standard InChI is InChI=1S/C23H21N3O3/c1-29-16-10-5-7-14(13-16)19-20-17(11-6-12-18(20)27)24-22-21(19)23(28)26(25-22)15-8-3-2-4-9-15/h2-5,7-10,13,19-20,25H,6,11-12H2,1H3. The second-order valence-corrected chi connectivity index (χ2v) is 7.51. The molecular weight excluding hydrogens is 366 g/mol. The van der Waals surface area contributed by atoms with Crippen LogP contribution in [0.1, 0.15) is 36.3 Å². The molecule has 3 aromatic rings. The van der Waals surface area contributed by atoms with Gasteiger partial charge in [-0.1, -0.05) is 30.3 Å². The second kappa shape index (κ2) is 6.88. The number of aromatic nitrogens is 2. The number of hydrogen-bond donors (Lipinski definition) is 1. The molecule has 0 amide bonds. The minimum atomic E-state index is -0.393. The van der Waals surface area contributed by atoms with Crippen LogP contribution in [0.3, 0.4) is 0 Å². The van der Waals surface area contributed by atoms with Crippen molar-refractivity contribution in [3.05, 3.63) is 76.1 Å². The molecule has 2 heterocycles. The van der Waals surface area contributed by atoms with Crippen LogP contribution in [-0.2, 0) is 4.79 Å². The molecular formula is C23H21N3O3. The van der Waals surface area contributed by atoms with Gasteiger partial charge in [0.1, 0.15) is 11.5 Å². The topological polar surface area (TPSA) is 76.4 Å². The van der Waals surface area contributed by atoms with E-state index in [2.05, 4.69) is 5.10 Å². The highest BCUT2D eigenvalue weighted by atomic mass is 16.5. The Hall–Kier alpha value is -3.41. The van der Waals surface area contributed by atoms with Crippen molar-refractivity contribution >= 4 is 17.3 Å². The fraction of sp³-hybridized carbons (Fsp3) is 0.261. The van der Waals surface area contributed by atoms with Crippen molar-refractivity contribution in [2.45, 2.75) is 25.2 Å². The van der Waals surface area contributed by atoms with Crippen LogP contribution in [0, 0.1) is 5.92 Å². The van der Waals surface area contributed by atoms with Crippen molar-refractivity contribution in [1.82, 2.24) is 9.78 Å². The number of para-hydroxylation sites is 1. The molecule has 2 aromatic carbocycles. The van der Waals surface area contributed by atoms with Gasteiger partial charge in [0, 0.05) is 18.1 Å². The average molecular weight is 387 g/mol. The number of nitrogens with one attached hydrogen (secondary N) is 1. The number of fused-ring (bicyclic) bond motifs is 2. The molecule has 29 heavy (non-hydrogen) atoms. The summed E-state index contributed by atoms with van der Waals surface area (Å²) in [6, 6.07) is 17.1. The third-order valence-electron chi connectivity index (χ3n) is 5.84. The largest absolute Gasteiger partial charge is 0.497 e. The molecule has 2 unspecified atom stereocenters. The zero-order chi connectivity index (χ0) is 20.0. The molecule has 2 atom stereocenters. The van der Waals surface area contributed by atoms with E-state index in [1.54, 1.807) is 7.11 Å². The number of carbonyl (C=O) groups excluding carboxylic acids is 1. The van der Waals surface area contributed by atoms with Crippen LogP contribution >= 0.6 is 0 Å². The highest BCUT2D eigenvalue weighted by Crippen LogP contribution is 2.44. The molecule has 1 saturated carbocycles. The summed E-state index contributed by atoms with van der Waals surface area (Å²) in [6.07, 6.45) is 2.10. The lowest BCUT2D eigenvalue weighted by atomic mass is 9.70. The van der Waals surface area contributed by atoms with E-state index in [-0.39, 0.29) is 17.3 Å². The van der Waals surface area contributed by atoms with E-state index >= 15 is 0 Å². The third kappa shape index (κ3) is 2.83. The number of ketones is 1. The number of ether oxygens (including phenoxy) is 1. The van der Waals surface area contributed by atoms with Gasteiger partial charge in [0.25, 0.3) is 5.56 Å². The number of H-pyrrole nitrogens is 1. The molecule has 6 heteroatoms. The van der Waals surface area contributed by atoms with Gasteiger partial charge >= 0.3 is 0 Å². The van der Waals surface area contributed by atoms with Crippen molar-refractivity contribution in [1.29, 1.82) is 0 Å². The summed E-state index contributed by atoms with van der Waals surface area (Å²) in [6.45, 7) is 0. The van der Waals surface area contributed by atoms with Gasteiger partial charge in [-0.3, -0.25) is 14.7 Å². The van der Waals surface area contributed by atoms with E-state index in [1.165, 1.54) is 4.68 Å². The first kappa shape index (κ1) is 17.7. The lowest BCUT2D eigenvalue weighted by Gasteiger charge is -2.33. The molecule has 5 rings (SSSR count). The van der Waals surface area contributed by atoms with Gasteiger partial charge < -0.3 is 4.74 Å². The van der Waals surface area contributed by atoms with Crippen LogP contribution in [0.5, 0.6) is 5.75 Å². The number of methoxy groups -OCH3 is 1. The first-order valence-corrected chi connectivity index (χ1v) is 9.82. The van der Waals surface area contributed by atoms with E-state index < -0.39 is 5.92 Å². The predicted octanol–water partition coefficient (Wildman–Crippen LogP) is 3.76. The van der Waals surface area contributed by atoms with Crippen molar-refractivity contribution in [3.63, 3.8) is 0 Å². The van der Waals surface area contributed by atoms with Crippen LogP contribution < -0.4 is 10.3 Å². The van der Waals surface area contributed by atoms with Crippen LogP contribution in [0.25, 0.3) is 5.69 Å². The monoisotopic (exact) mass is 387 g/mol. The normalized spacial score (nSPS) is 20.6. The molecule has 0 bridgehead atoms. The molecule has 0 saturated heterocycles. The average Bonchev–Trinajstić information content (AvgIpc) is 3.09. The molecule has 1 N–H and O–H groups in total. The van der Waals surface area contributed by atoms with E-state index in [9.17, 15) is 9.59 Å². The van der Waals surface area contributed by atoms with Gasteiger partial charge in [0.15, 0.2) is 5.82 Å². The summed E-state index contributed by atoms with van der Waals surface area (Å²) in [5, 5.41) is 3.17. The van der Waals surface area contributed by atoms with E-state index in [4.69, 9.17) is 9.73 Å². The number of Topliss-reactive ketones (excluding diaryl/α,β-unsaturated/α-hetero) is 1. The van der Waals surface area contributed by atoms with Crippen molar-refractivity contribution in [3.8, 4) is 11.4 Å². The number of aromatic amines is 1. The highest BCUT2D eigenvalue weighted by Gasteiger charge is 2.43. The number of benzene rings is 2. The van der Waals surface area contributed by atoms with Crippen LogP contribution in [0.2, 0.25) is 0 Å². The van der Waals surface area contributed by atoms with Gasteiger partial charge in [0.2, 0.25) is 0 Å². The smallest absolute Gasteiger partial charge is 0.277 e. The summed E-state index contributed by atoms with van der Waals surface area (Å²) < 4.78 is 6.91. The highest BCUT2D eigenvalue weighted by molar-refractivity contribution is 6.10. The van der Waals surface area contributed by atoms with Crippen molar-refractivity contribution < 1.29 is 9.53 Å². The van der Waals surface area contributed by atoms with E-state index in [1.807, 2.05) is 54.6 Å². The SMILES string of the molecule is COc1cccc(C2c3c([nH]n(-c4ccccc4)c3=O)N=C3CCCC(=O)C32)c1. The number of aliphatic imine (C=N–C) groups is 1. The second-order valence-electron chi connectivity index (χ2n) is 7.51. The maximum absolute atomic E-state index is 13.5. The van der Waals surface area contributed by atoms with Gasteiger partial charge in [-0.2, -0.15) is 0 Å². The maximum Gasteiger partial charge on any atom is 0.277 e. The molecule has 146 valence electrons. The number of hydrogen-bond acceptors (Lipinski definition) is 4. The molecule has 1 aromatic heterocycles. The third-order valence-corrected chi connectivity index (χ3v) is 5.84. The summed E-state index contributed by atoms with van der Waals surface area (Å²) in [5.74, 6) is 0.647. The summed E-state index contributed by atoms with van der Waals surface area (Å²) in [4.78, 5) is 31.1. The number of carbonyl (C=O) groups is 1. The Bertz CT molecular complexity index is 1170. The fourth-order valence-corrected chi connectivity index (χ4v) is 4.51. The Labute approximate surface area is 167 Å². The summed E-state index contributed by atoms with van der Waals surface area (Å²) in [7, 11) is 1.61. The molecule has 0 spiro atoms. The van der Waals surface area contributed by atoms with Gasteiger partial charge in [0.05, 0.1) is 24.3 Å². The summed E-state index contributed by atoms with van der Waals surface area (Å²) >= 11 is 0. The van der Waals surface area contributed by atoms with Crippen molar-refractivity contribution in [2.75, 3.05) is 7.11 Å². The van der Waals surface area contributed by atoms with Crippen LogP contribution in [0.4, 0.5) is 5.82 Å². The quantitative estimate of drug-likeness (QED) is 0.743.